The number of carbonyl (C=O) groups is 1. The third-order valence-corrected chi connectivity index (χ3v) is 4.28. The predicted octanol–water partition coefficient (Wildman–Crippen LogP) is 2.46. The number of rotatable bonds is 4. The van der Waals surface area contributed by atoms with Crippen molar-refractivity contribution in [2.45, 2.75) is 20.3 Å². The van der Waals surface area contributed by atoms with Crippen molar-refractivity contribution in [3.63, 3.8) is 0 Å². The van der Waals surface area contributed by atoms with Crippen LogP contribution >= 0.6 is 11.3 Å². The lowest BCUT2D eigenvalue weighted by molar-refractivity contribution is 0.102. The average Bonchev–Trinajstić information content (AvgIpc) is 3.16. The molecule has 7 nitrogen and oxygen atoms in total. The summed E-state index contributed by atoms with van der Waals surface area (Å²) in [5.41, 5.74) is 2.29. The van der Waals surface area contributed by atoms with Crippen molar-refractivity contribution in [3.8, 4) is 10.8 Å². The molecule has 3 aromatic heterocycles. The standard InChI is InChI=1S/C15H16N6OS/c1-4-10-9(2)13(21(3)20-10)19-14(22)11-8-23-15(18-11)12-16-6-5-7-17-12/h5-8H,4H2,1-3H3,(H,19,22). The van der Waals surface area contributed by atoms with Gasteiger partial charge >= 0.3 is 0 Å². The zero-order valence-electron chi connectivity index (χ0n) is 13.1. The second kappa shape index (κ2) is 6.25. The van der Waals surface area contributed by atoms with Gasteiger partial charge in [-0.05, 0) is 19.4 Å². The zero-order valence-corrected chi connectivity index (χ0v) is 13.9. The monoisotopic (exact) mass is 328 g/mol. The zero-order chi connectivity index (χ0) is 16.4. The highest BCUT2D eigenvalue weighted by Crippen LogP contribution is 2.22. The Morgan fingerprint density at radius 2 is 2.09 bits per heavy atom. The van der Waals surface area contributed by atoms with Gasteiger partial charge in [0.1, 0.15) is 11.5 Å². The first-order valence-electron chi connectivity index (χ1n) is 7.17. The topological polar surface area (TPSA) is 85.6 Å². The van der Waals surface area contributed by atoms with Gasteiger partial charge in [0.05, 0.1) is 5.69 Å². The van der Waals surface area contributed by atoms with Crippen molar-refractivity contribution in [1.82, 2.24) is 24.7 Å². The summed E-state index contributed by atoms with van der Waals surface area (Å²) in [7, 11) is 1.81. The maximum Gasteiger partial charge on any atom is 0.276 e. The Kier molecular flexibility index (Phi) is 4.16. The van der Waals surface area contributed by atoms with Crippen LogP contribution in [0.4, 0.5) is 5.82 Å². The second-order valence-electron chi connectivity index (χ2n) is 4.96. The summed E-state index contributed by atoms with van der Waals surface area (Å²) in [6.45, 7) is 3.99. The fourth-order valence-corrected chi connectivity index (χ4v) is 3.00. The molecule has 0 fully saturated rings. The fraction of sp³-hybridized carbons (Fsp3) is 0.267. The van der Waals surface area contributed by atoms with E-state index in [4.69, 9.17) is 0 Å². The smallest absolute Gasteiger partial charge is 0.276 e. The summed E-state index contributed by atoms with van der Waals surface area (Å²) in [4.78, 5) is 25.0. The average molecular weight is 328 g/mol. The fourth-order valence-electron chi connectivity index (χ4n) is 2.26. The van der Waals surface area contributed by atoms with Gasteiger partial charge in [-0.3, -0.25) is 9.48 Å². The lowest BCUT2D eigenvalue weighted by Gasteiger charge is -2.04. The third-order valence-electron chi connectivity index (χ3n) is 3.44. The van der Waals surface area contributed by atoms with E-state index in [2.05, 4.69) is 25.4 Å². The molecule has 0 bridgehead atoms. The number of aryl methyl sites for hydroxylation is 2. The van der Waals surface area contributed by atoms with Crippen LogP contribution in [0, 0.1) is 6.92 Å². The molecular formula is C15H16N6OS. The van der Waals surface area contributed by atoms with E-state index in [1.54, 1.807) is 28.5 Å². The van der Waals surface area contributed by atoms with Crippen LogP contribution in [0.25, 0.3) is 10.8 Å². The Morgan fingerprint density at radius 3 is 2.74 bits per heavy atom. The van der Waals surface area contributed by atoms with Crippen LogP contribution in [0.1, 0.15) is 28.7 Å². The van der Waals surface area contributed by atoms with E-state index in [9.17, 15) is 4.79 Å². The van der Waals surface area contributed by atoms with E-state index >= 15 is 0 Å². The molecule has 0 aliphatic rings. The van der Waals surface area contributed by atoms with Crippen molar-refractivity contribution in [1.29, 1.82) is 0 Å². The molecule has 3 rings (SSSR count). The minimum absolute atomic E-state index is 0.266. The summed E-state index contributed by atoms with van der Waals surface area (Å²) in [5.74, 6) is 0.941. The maximum absolute atomic E-state index is 12.4. The normalized spacial score (nSPS) is 10.7. The van der Waals surface area contributed by atoms with Gasteiger partial charge in [-0.25, -0.2) is 15.0 Å². The molecule has 0 spiro atoms. The number of anilines is 1. The molecule has 0 radical (unpaired) electrons. The van der Waals surface area contributed by atoms with E-state index in [-0.39, 0.29) is 5.91 Å². The minimum Gasteiger partial charge on any atom is -0.305 e. The van der Waals surface area contributed by atoms with Crippen LogP contribution in [-0.4, -0.2) is 30.6 Å². The van der Waals surface area contributed by atoms with E-state index in [0.717, 1.165) is 17.7 Å². The van der Waals surface area contributed by atoms with Crippen molar-refractivity contribution in [2.75, 3.05) is 5.32 Å². The summed E-state index contributed by atoms with van der Waals surface area (Å²) >= 11 is 1.34. The molecule has 0 aromatic carbocycles. The third kappa shape index (κ3) is 2.98. The number of carbonyl (C=O) groups excluding carboxylic acids is 1. The molecule has 3 aromatic rings. The number of hydrogen-bond acceptors (Lipinski definition) is 6. The first-order valence-corrected chi connectivity index (χ1v) is 8.04. The molecule has 0 aliphatic carbocycles. The molecule has 1 N–H and O–H groups in total. The van der Waals surface area contributed by atoms with E-state index in [1.165, 1.54) is 11.3 Å². The second-order valence-corrected chi connectivity index (χ2v) is 5.82. The predicted molar refractivity (Wildman–Crippen MR) is 88.4 cm³/mol. The number of thiazole rings is 1. The van der Waals surface area contributed by atoms with E-state index in [1.807, 2.05) is 20.9 Å². The Bertz CT molecular complexity index is 839. The SMILES string of the molecule is CCc1nn(C)c(NC(=O)c2csc(-c3ncccn3)n2)c1C. The van der Waals surface area contributed by atoms with Crippen LogP contribution < -0.4 is 5.32 Å². The molecule has 0 atom stereocenters. The van der Waals surface area contributed by atoms with Gasteiger partial charge in [-0.2, -0.15) is 5.10 Å². The highest BCUT2D eigenvalue weighted by molar-refractivity contribution is 7.13. The maximum atomic E-state index is 12.4. The molecule has 8 heteroatoms. The van der Waals surface area contributed by atoms with Crippen LogP contribution in [-0.2, 0) is 13.5 Å². The molecule has 23 heavy (non-hydrogen) atoms. The van der Waals surface area contributed by atoms with Crippen LogP contribution in [0.5, 0.6) is 0 Å². The molecule has 3 heterocycles. The van der Waals surface area contributed by atoms with Gasteiger partial charge in [0, 0.05) is 30.4 Å². The number of hydrogen-bond donors (Lipinski definition) is 1. The van der Waals surface area contributed by atoms with Crippen molar-refractivity contribution >= 4 is 23.1 Å². The number of amides is 1. The van der Waals surface area contributed by atoms with Crippen LogP contribution in [0.15, 0.2) is 23.8 Å². The summed E-state index contributed by atoms with van der Waals surface area (Å²) in [6.07, 6.45) is 4.12. The van der Waals surface area contributed by atoms with Gasteiger partial charge in [0.25, 0.3) is 5.91 Å². The molecule has 118 valence electrons. The Labute approximate surface area is 137 Å². The molecular weight excluding hydrogens is 312 g/mol. The largest absolute Gasteiger partial charge is 0.305 e. The van der Waals surface area contributed by atoms with Crippen molar-refractivity contribution in [2.24, 2.45) is 7.05 Å². The van der Waals surface area contributed by atoms with Gasteiger partial charge in [-0.1, -0.05) is 6.92 Å². The van der Waals surface area contributed by atoms with Gasteiger partial charge in [0.2, 0.25) is 0 Å². The highest BCUT2D eigenvalue weighted by atomic mass is 32.1. The van der Waals surface area contributed by atoms with Crippen molar-refractivity contribution < 1.29 is 4.79 Å². The number of nitrogens with zero attached hydrogens (tertiary/aromatic N) is 5. The summed E-state index contributed by atoms with van der Waals surface area (Å²) in [5, 5.41) is 9.59. The summed E-state index contributed by atoms with van der Waals surface area (Å²) < 4.78 is 1.68. The number of nitrogens with one attached hydrogen (secondary N) is 1. The first-order chi connectivity index (χ1) is 11.1. The molecule has 0 aliphatic heterocycles. The highest BCUT2D eigenvalue weighted by Gasteiger charge is 2.17. The lowest BCUT2D eigenvalue weighted by Crippen LogP contribution is -2.15. The van der Waals surface area contributed by atoms with E-state index < -0.39 is 0 Å². The molecule has 0 saturated heterocycles. The van der Waals surface area contributed by atoms with Gasteiger partial charge in [-0.15, -0.1) is 11.3 Å². The van der Waals surface area contributed by atoms with Crippen LogP contribution in [0.2, 0.25) is 0 Å². The van der Waals surface area contributed by atoms with E-state index in [0.29, 0.717) is 22.3 Å². The van der Waals surface area contributed by atoms with Crippen molar-refractivity contribution in [3.05, 3.63) is 40.8 Å². The number of aromatic nitrogens is 5. The molecule has 0 unspecified atom stereocenters. The Morgan fingerprint density at radius 1 is 1.35 bits per heavy atom. The van der Waals surface area contributed by atoms with Gasteiger partial charge < -0.3 is 5.32 Å². The minimum atomic E-state index is -0.266. The molecule has 0 saturated carbocycles. The first kappa shape index (κ1) is 15.3. The Hall–Kier alpha value is -2.61. The Balaban J connectivity index is 1.82. The summed E-state index contributed by atoms with van der Waals surface area (Å²) in [6, 6.07) is 1.74. The quantitative estimate of drug-likeness (QED) is 0.795. The van der Waals surface area contributed by atoms with Gasteiger partial charge in [0.15, 0.2) is 10.8 Å². The molecule has 1 amide bonds. The lowest BCUT2D eigenvalue weighted by atomic mass is 10.2. The van der Waals surface area contributed by atoms with Crippen LogP contribution in [0.3, 0.4) is 0 Å².